The Labute approximate surface area is 231 Å². The van der Waals surface area contributed by atoms with Crippen LogP contribution in [0.2, 0.25) is 5.02 Å². The molecular weight excluding hydrogens is 548 g/mol. The molecule has 0 saturated carbocycles. The molecule has 2 N–H and O–H groups in total. The molecule has 0 aliphatic carbocycles. The number of carbonyl (C=O) groups is 2. The van der Waals surface area contributed by atoms with Crippen LogP contribution in [0.5, 0.6) is 5.75 Å². The van der Waals surface area contributed by atoms with Crippen LogP contribution in [0.1, 0.15) is 44.0 Å². The van der Waals surface area contributed by atoms with Crippen LogP contribution in [-0.4, -0.2) is 61.7 Å². The monoisotopic (exact) mass is 578 g/mol. The minimum Gasteiger partial charge on any atom is -0.493 e. The van der Waals surface area contributed by atoms with Crippen molar-refractivity contribution in [3.8, 4) is 5.75 Å². The molecule has 4 rings (SSSR count). The molecule has 0 unspecified atom stereocenters. The number of ether oxygens (including phenoxy) is 1. The number of hydrogen-bond donors (Lipinski definition) is 2. The Bertz CT molecular complexity index is 1470. The van der Waals surface area contributed by atoms with Gasteiger partial charge in [0.05, 0.1) is 32.3 Å². The molecule has 9 nitrogen and oxygen atoms in total. The van der Waals surface area contributed by atoms with Gasteiger partial charge in [0.15, 0.2) is 15.0 Å². The van der Waals surface area contributed by atoms with E-state index in [0.29, 0.717) is 28.5 Å². The Balaban J connectivity index is 1.37. The smallest absolute Gasteiger partial charge is 0.327 e. The first kappa shape index (κ1) is 28.3. The van der Waals surface area contributed by atoms with E-state index >= 15 is 0 Å². The van der Waals surface area contributed by atoms with Gasteiger partial charge in [0, 0.05) is 24.3 Å². The fourth-order valence-electron chi connectivity index (χ4n) is 4.28. The van der Waals surface area contributed by atoms with E-state index in [0.717, 1.165) is 43.5 Å². The Morgan fingerprint density at radius 1 is 1.21 bits per heavy atom. The zero-order valence-electron chi connectivity index (χ0n) is 21.7. The third-order valence-corrected chi connectivity index (χ3v) is 8.74. The number of benzene rings is 2. The third-order valence-electron chi connectivity index (χ3n) is 6.37. The van der Waals surface area contributed by atoms with Gasteiger partial charge in [-0.05, 0) is 76.6 Å². The van der Waals surface area contributed by atoms with Gasteiger partial charge in [-0.15, -0.1) is 0 Å². The van der Waals surface area contributed by atoms with Crippen LogP contribution in [0.4, 0.5) is 9.93 Å². The Morgan fingerprint density at radius 2 is 1.97 bits per heavy atom. The van der Waals surface area contributed by atoms with Crippen LogP contribution in [0.3, 0.4) is 0 Å². The number of nitrogens with zero attached hydrogens (tertiary/aromatic N) is 2. The van der Waals surface area contributed by atoms with E-state index in [4.69, 9.17) is 16.3 Å². The molecule has 1 saturated heterocycles. The number of imide groups is 1. The summed E-state index contributed by atoms with van der Waals surface area (Å²) in [6, 6.07) is 8.53. The number of piperidine rings is 1. The van der Waals surface area contributed by atoms with Gasteiger partial charge in [-0.2, -0.15) is 0 Å². The molecule has 204 valence electrons. The predicted molar refractivity (Wildman–Crippen MR) is 150 cm³/mol. The second-order valence-corrected chi connectivity index (χ2v) is 13.9. The summed E-state index contributed by atoms with van der Waals surface area (Å²) in [5, 5.41) is 5.18. The summed E-state index contributed by atoms with van der Waals surface area (Å²) in [5.74, 6) is 0.194. The lowest BCUT2D eigenvalue weighted by Crippen LogP contribution is -2.48. The zero-order valence-corrected chi connectivity index (χ0v) is 24.1. The van der Waals surface area contributed by atoms with Crippen molar-refractivity contribution < 1.29 is 22.7 Å². The quantitative estimate of drug-likeness (QED) is 0.412. The highest BCUT2D eigenvalue weighted by Crippen LogP contribution is 2.29. The maximum Gasteiger partial charge on any atom is 0.327 e. The molecule has 38 heavy (non-hydrogen) atoms. The van der Waals surface area contributed by atoms with Gasteiger partial charge in [-0.25, -0.2) is 18.2 Å². The van der Waals surface area contributed by atoms with Crippen LogP contribution in [0.15, 0.2) is 41.3 Å². The Kier molecular flexibility index (Phi) is 8.32. The van der Waals surface area contributed by atoms with Crippen molar-refractivity contribution in [2.45, 2.75) is 44.0 Å². The molecule has 0 bridgehead atoms. The third kappa shape index (κ3) is 7.02. The molecule has 1 aliphatic heterocycles. The highest BCUT2D eigenvalue weighted by Gasteiger charge is 2.28. The van der Waals surface area contributed by atoms with Crippen molar-refractivity contribution in [1.82, 2.24) is 15.2 Å². The summed E-state index contributed by atoms with van der Waals surface area (Å²) in [7, 11) is -3.37. The second kappa shape index (κ2) is 11.2. The van der Waals surface area contributed by atoms with Gasteiger partial charge in [0.2, 0.25) is 0 Å². The number of hydrogen-bond acceptors (Lipinski definition) is 8. The molecule has 3 aromatic rings. The van der Waals surface area contributed by atoms with Crippen molar-refractivity contribution in [3.63, 3.8) is 0 Å². The number of fused-ring (bicyclic) bond motifs is 1. The van der Waals surface area contributed by atoms with Crippen molar-refractivity contribution >= 4 is 60.1 Å². The molecule has 1 atom stereocenters. The maximum atomic E-state index is 12.8. The van der Waals surface area contributed by atoms with Crippen LogP contribution >= 0.6 is 22.9 Å². The van der Waals surface area contributed by atoms with Gasteiger partial charge in [-0.3, -0.25) is 20.3 Å². The number of aromatic nitrogens is 1. The minimum atomic E-state index is -3.37. The molecule has 1 aromatic heterocycles. The zero-order chi connectivity index (χ0) is 27.7. The van der Waals surface area contributed by atoms with E-state index < -0.39 is 21.8 Å². The van der Waals surface area contributed by atoms with Gasteiger partial charge in [-0.1, -0.05) is 22.9 Å². The van der Waals surface area contributed by atoms with E-state index in [1.165, 1.54) is 18.2 Å². The van der Waals surface area contributed by atoms with Gasteiger partial charge < -0.3 is 4.74 Å². The highest BCUT2D eigenvalue weighted by atomic mass is 35.5. The van der Waals surface area contributed by atoms with E-state index in [2.05, 4.69) is 41.3 Å². The summed E-state index contributed by atoms with van der Waals surface area (Å²) in [6.45, 7) is 9.18. The number of anilines is 1. The first-order chi connectivity index (χ1) is 17.8. The SMILES string of the molecule is CC(C)(C)N1CCC[C@H](COc2ccc(Cl)c(C(=O)NC(=O)Nc3nc4ccc(S(C)(=O)=O)cc4s3)c2)C1. The molecular formula is C26H31ClN4O5S2. The molecule has 0 radical (unpaired) electrons. The van der Waals surface area contributed by atoms with E-state index in [1.807, 2.05) is 0 Å². The van der Waals surface area contributed by atoms with Crippen LogP contribution in [0.25, 0.3) is 10.2 Å². The largest absolute Gasteiger partial charge is 0.493 e. The lowest BCUT2D eigenvalue weighted by molar-refractivity contribution is 0.0607. The fraction of sp³-hybridized carbons (Fsp3) is 0.423. The summed E-state index contributed by atoms with van der Waals surface area (Å²) >= 11 is 7.34. The molecule has 0 spiro atoms. The molecule has 1 aliphatic rings. The lowest BCUT2D eigenvalue weighted by atomic mass is 9.94. The van der Waals surface area contributed by atoms with Crippen LogP contribution in [-0.2, 0) is 9.84 Å². The van der Waals surface area contributed by atoms with Gasteiger partial charge >= 0.3 is 6.03 Å². The summed E-state index contributed by atoms with van der Waals surface area (Å²) in [6.07, 6.45) is 3.31. The number of amides is 3. The number of rotatable bonds is 6. The average molecular weight is 579 g/mol. The Hall–Kier alpha value is -2.73. The van der Waals surface area contributed by atoms with Gasteiger partial charge in [0.1, 0.15) is 5.75 Å². The highest BCUT2D eigenvalue weighted by molar-refractivity contribution is 7.90. The van der Waals surface area contributed by atoms with E-state index in [9.17, 15) is 18.0 Å². The number of thiazole rings is 1. The topological polar surface area (TPSA) is 118 Å². The number of sulfone groups is 1. The summed E-state index contributed by atoms with van der Waals surface area (Å²) < 4.78 is 30.2. The van der Waals surface area contributed by atoms with Crippen LogP contribution in [0, 0.1) is 5.92 Å². The lowest BCUT2D eigenvalue weighted by Gasteiger charge is -2.41. The second-order valence-electron chi connectivity index (χ2n) is 10.4. The average Bonchev–Trinajstić information content (AvgIpc) is 3.23. The molecule has 3 amide bonds. The summed E-state index contributed by atoms with van der Waals surface area (Å²) in [4.78, 5) is 32.2. The van der Waals surface area contributed by atoms with E-state index in [-0.39, 0.29) is 26.2 Å². The minimum absolute atomic E-state index is 0.106. The maximum absolute atomic E-state index is 12.8. The van der Waals surface area contributed by atoms with Gasteiger partial charge in [0.25, 0.3) is 5.91 Å². The van der Waals surface area contributed by atoms with Crippen molar-refractivity contribution in [2.75, 3.05) is 31.3 Å². The number of nitrogens with one attached hydrogen (secondary N) is 2. The standard InChI is InChI=1S/C26H31ClN4O5S2/c1-26(2,3)31-11-5-6-16(14-31)15-36-17-7-9-20(27)19(12-17)23(32)29-24(33)30-25-28-21-10-8-18(38(4,34)35)13-22(21)37-25/h7-10,12-13,16H,5-6,11,14-15H2,1-4H3,(H2,28,29,30,32,33)/t16-/m0/s1. The normalized spacial score (nSPS) is 16.8. The van der Waals surface area contributed by atoms with E-state index in [1.54, 1.807) is 18.2 Å². The fourth-order valence-corrected chi connectivity index (χ4v) is 6.11. The van der Waals surface area contributed by atoms with Crippen molar-refractivity contribution in [2.24, 2.45) is 5.92 Å². The number of carbonyl (C=O) groups excluding carboxylic acids is 2. The predicted octanol–water partition coefficient (Wildman–Crippen LogP) is 5.20. The number of halogens is 1. The summed E-state index contributed by atoms with van der Waals surface area (Å²) in [5.41, 5.74) is 0.747. The molecule has 2 aromatic carbocycles. The van der Waals surface area contributed by atoms with Crippen molar-refractivity contribution in [3.05, 3.63) is 47.0 Å². The first-order valence-electron chi connectivity index (χ1n) is 12.2. The first-order valence-corrected chi connectivity index (χ1v) is 15.3. The Morgan fingerprint density at radius 3 is 2.68 bits per heavy atom. The van der Waals surface area contributed by atoms with Crippen LogP contribution < -0.4 is 15.4 Å². The molecule has 12 heteroatoms. The van der Waals surface area contributed by atoms with Crippen molar-refractivity contribution in [1.29, 1.82) is 0 Å². The molecule has 2 heterocycles. The molecule has 1 fully saturated rings. The number of likely N-dealkylation sites (tertiary alicyclic amines) is 1. The number of urea groups is 1.